The van der Waals surface area contributed by atoms with Crippen LogP contribution in [0.5, 0.6) is 0 Å². The number of rotatable bonds is 32. The van der Waals surface area contributed by atoms with Gasteiger partial charge in [-0.1, -0.05) is 243 Å². The van der Waals surface area contributed by atoms with Gasteiger partial charge in [0.1, 0.15) is 12.3 Å². The summed E-state index contributed by atoms with van der Waals surface area (Å²) in [5.41, 5.74) is 20.6. The first kappa shape index (κ1) is 92.5. The van der Waals surface area contributed by atoms with Crippen molar-refractivity contribution in [2.45, 2.75) is 83.1 Å². The van der Waals surface area contributed by atoms with Crippen molar-refractivity contribution in [3.63, 3.8) is 0 Å². The van der Waals surface area contributed by atoms with Crippen LogP contribution in [0.1, 0.15) is 83.1 Å². The molecule has 0 fully saturated rings. The van der Waals surface area contributed by atoms with Gasteiger partial charge in [0.2, 0.25) is 5.96 Å². The third kappa shape index (κ3) is 34.2. The largest absolute Gasteiger partial charge is 2.00 e. The van der Waals surface area contributed by atoms with Crippen LogP contribution in [-0.4, -0.2) is 116 Å². The fourth-order valence-electron chi connectivity index (χ4n) is 10.4. The van der Waals surface area contributed by atoms with E-state index in [0.717, 1.165) is 5.01 Å². The Morgan fingerprint density at radius 1 is 0.290 bits per heavy atom. The van der Waals surface area contributed by atoms with Crippen molar-refractivity contribution < 1.29 is 74.1 Å². The van der Waals surface area contributed by atoms with Gasteiger partial charge in [-0.15, -0.1) is 0 Å². The first-order valence-corrected chi connectivity index (χ1v) is 39.1. The van der Waals surface area contributed by atoms with Gasteiger partial charge in [0.05, 0.1) is 79.3 Å². The topological polar surface area (TPSA) is 228 Å². The van der Waals surface area contributed by atoms with Gasteiger partial charge >= 0.3 is 54.2 Å². The van der Waals surface area contributed by atoms with Crippen LogP contribution in [0.2, 0.25) is 0 Å². The van der Waals surface area contributed by atoms with E-state index in [1.165, 1.54) is 50.8 Å². The fraction of sp³-hybridized carbons (Fsp3) is 0.333. The maximum Gasteiger partial charge on any atom is 2.00 e. The van der Waals surface area contributed by atoms with E-state index in [4.69, 9.17) is 77.0 Å². The molecule has 0 aliphatic heterocycles. The third-order valence-electron chi connectivity index (χ3n) is 14.1. The van der Waals surface area contributed by atoms with Gasteiger partial charge in [0.25, 0.3) is 0 Å². The Morgan fingerprint density at radius 3 is 0.490 bits per heavy atom. The van der Waals surface area contributed by atoms with E-state index >= 15 is 0 Å². The molecule has 0 bridgehead atoms. The Hall–Kier alpha value is -5.53. The first-order chi connectivity index (χ1) is 48.3. The summed E-state index contributed by atoms with van der Waals surface area (Å²) < 4.78 is 62.2. The second-order valence-corrected chi connectivity index (χ2v) is 26.1. The molecule has 0 unspecified atom stereocenters. The average molecular weight is 1630 g/mol. The molecule has 0 amide bonds. The summed E-state index contributed by atoms with van der Waals surface area (Å²) in [4.78, 5) is 3.33. The number of hydrogen-bond donors (Lipinski definition) is 4. The summed E-state index contributed by atoms with van der Waals surface area (Å²) in [5.74, 6) is 4.73. The molecule has 0 spiro atoms. The Bertz CT molecular complexity index is 2590. The summed E-state index contributed by atoms with van der Waals surface area (Å²) in [7, 11) is -4.12. The normalized spacial score (nSPS) is 10.7. The zero-order chi connectivity index (χ0) is 72.6. The van der Waals surface area contributed by atoms with Gasteiger partial charge in [-0.25, -0.2) is 5.84 Å². The van der Waals surface area contributed by atoms with Gasteiger partial charge < -0.3 is 11.5 Å². The molecule has 546 valence electrons. The van der Waals surface area contributed by atoms with Gasteiger partial charge in [0.15, 0.2) is 5.96 Å². The van der Waals surface area contributed by atoms with E-state index in [9.17, 15) is 0 Å². The van der Waals surface area contributed by atoms with Crippen molar-refractivity contribution in [1.82, 2.24) is 5.01 Å². The number of nitrogens with zero attached hydrogens (tertiary/aromatic N) is 2. The molecular weight excluding hydrogens is 1510 g/mol. The SMILES string of the molecule is CCO[PH+](OCC)OCC.CCO[PH+](OCC)OCC.CCO[PH+](OCC)OCC.CCO[PH+](OCC)OCC.CN(N)C(=N)N=C(N)N.[Os+2].c1ccc([B-](c2ccccc2)(c2ccccc2)c2ccccc2)cc1.c1ccc([B-](c2ccccc2)(c2ccccc2)c2ccccc2)cc1. The number of guanidine groups is 2. The Balaban J connectivity index is 0.000000617. The average Bonchev–Trinajstić information content (AvgIpc) is 0.749. The third-order valence-corrected chi connectivity index (χ3v) is 20.4. The summed E-state index contributed by atoms with van der Waals surface area (Å²) in [6, 6.07) is 87.1. The molecule has 8 rings (SSSR count). The number of benzene rings is 8. The van der Waals surface area contributed by atoms with Crippen molar-refractivity contribution in [3.05, 3.63) is 243 Å². The van der Waals surface area contributed by atoms with Crippen LogP contribution in [0.15, 0.2) is 248 Å². The van der Waals surface area contributed by atoms with Crippen LogP contribution >= 0.6 is 34.4 Å². The zero-order valence-corrected chi connectivity index (χ0v) is 67.7. The quantitative estimate of drug-likeness (QED) is 0.00767. The molecule has 0 aromatic heterocycles. The number of nitrogens with one attached hydrogen (secondary N) is 1. The molecular formula is C75H114B2N6O12OsP4+4. The minimum atomic E-state index is -1.40. The molecule has 0 saturated carbocycles. The van der Waals surface area contributed by atoms with E-state index in [1.54, 1.807) is 0 Å². The Kier molecular flexibility index (Phi) is 54.5. The molecule has 0 saturated heterocycles. The van der Waals surface area contributed by atoms with E-state index in [2.05, 4.69) is 248 Å². The van der Waals surface area contributed by atoms with Gasteiger partial charge in [-0.2, -0.15) is 103 Å². The molecule has 18 nitrogen and oxygen atoms in total. The molecule has 7 N–H and O–H groups in total. The number of nitrogens with two attached hydrogens (primary N) is 3. The van der Waals surface area contributed by atoms with Gasteiger partial charge in [0, 0.05) is 7.05 Å². The monoisotopic (exact) mass is 1630 g/mol. The number of hydrazine groups is 1. The molecule has 8 aromatic rings. The van der Waals surface area contributed by atoms with Crippen molar-refractivity contribution in [2.24, 2.45) is 22.3 Å². The minimum absolute atomic E-state index is 0. The molecule has 0 heterocycles. The molecule has 25 heteroatoms. The zero-order valence-electron chi connectivity index (χ0n) is 61.1. The smallest absolute Gasteiger partial charge is 0.370 e. The van der Waals surface area contributed by atoms with Crippen molar-refractivity contribution in [1.29, 1.82) is 5.41 Å². The number of aliphatic imine (C=N–C) groups is 1. The van der Waals surface area contributed by atoms with Crippen LogP contribution in [-0.2, 0) is 74.1 Å². The maximum atomic E-state index is 6.93. The first-order valence-electron chi connectivity index (χ1n) is 34.2. The van der Waals surface area contributed by atoms with Crippen molar-refractivity contribution in [3.8, 4) is 0 Å². The standard InChI is InChI=1S/2C24H20B.4C6H16O3P.C3H10N6.Os/c2*1-5-13-21(14-6-1)25(22-15-7-2-8-16-22,23-17-9-3-10-18-23)24-19-11-4-12-20-24;4*1-4-7-10(8-5-2)9-6-3;1-9(7)3(6)8-2(4)5;/h2*1-20H;4*10H,4-6H2,1-3H3;7H2,1H3,(H5,4,5,6,8);/q2*-1;4*+1;;+2. The summed E-state index contributed by atoms with van der Waals surface area (Å²) in [5, 5.41) is 7.93. The summed E-state index contributed by atoms with van der Waals surface area (Å²) in [6.07, 6.45) is -2.43. The second kappa shape index (κ2) is 58.9. The van der Waals surface area contributed by atoms with Crippen LogP contribution in [0.3, 0.4) is 0 Å². The molecule has 0 aliphatic rings. The molecule has 0 radical (unpaired) electrons. The van der Waals surface area contributed by atoms with Crippen LogP contribution in [0, 0.1) is 5.41 Å². The van der Waals surface area contributed by atoms with Gasteiger partial charge in [-0.3, -0.25) is 10.4 Å². The molecule has 0 atom stereocenters. The van der Waals surface area contributed by atoms with Crippen molar-refractivity contribution in [2.75, 3.05) is 86.3 Å². The predicted molar refractivity (Wildman–Crippen MR) is 428 cm³/mol. The molecule has 100 heavy (non-hydrogen) atoms. The van der Waals surface area contributed by atoms with E-state index in [0.29, 0.717) is 79.3 Å². The maximum absolute atomic E-state index is 6.93. The predicted octanol–water partition coefficient (Wildman–Crippen LogP) is 12.3. The Morgan fingerprint density at radius 2 is 0.410 bits per heavy atom. The van der Waals surface area contributed by atoms with Gasteiger partial charge in [-0.05, 0) is 83.1 Å². The summed E-state index contributed by atoms with van der Waals surface area (Å²) in [6.45, 7) is 31.1. The van der Waals surface area contributed by atoms with Crippen LogP contribution in [0.4, 0.5) is 0 Å². The summed E-state index contributed by atoms with van der Waals surface area (Å²) >= 11 is 0. The van der Waals surface area contributed by atoms with E-state index < -0.39 is 46.7 Å². The Labute approximate surface area is 617 Å². The van der Waals surface area contributed by atoms with E-state index in [-0.39, 0.29) is 31.7 Å². The molecule has 8 aromatic carbocycles. The van der Waals surface area contributed by atoms with Crippen molar-refractivity contribution >= 4 is 102 Å². The van der Waals surface area contributed by atoms with Crippen LogP contribution < -0.4 is 61.0 Å². The minimum Gasteiger partial charge on any atom is -0.370 e. The molecule has 0 aliphatic carbocycles. The number of hydrogen-bond acceptors (Lipinski definition) is 14. The second-order valence-electron chi connectivity index (χ2n) is 20.7. The van der Waals surface area contributed by atoms with Crippen LogP contribution in [0.25, 0.3) is 0 Å². The fourth-order valence-corrected chi connectivity index (χ4v) is 14.2. The van der Waals surface area contributed by atoms with E-state index in [1.807, 2.05) is 83.1 Å².